The molecule has 0 atom stereocenters. The van der Waals surface area contributed by atoms with E-state index in [1.54, 1.807) is 11.1 Å². The third-order valence-electron chi connectivity index (χ3n) is 3.00. The van der Waals surface area contributed by atoms with Gasteiger partial charge in [0.2, 0.25) is 0 Å². The SMILES string of the molecule is CCCCCC(=O)O.c1ccc2c(c1)CCC2. The summed E-state index contributed by atoms with van der Waals surface area (Å²) in [6.45, 7) is 2.06. The van der Waals surface area contributed by atoms with E-state index in [9.17, 15) is 4.79 Å². The molecule has 0 bridgehead atoms. The van der Waals surface area contributed by atoms with Gasteiger partial charge in [-0.25, -0.2) is 0 Å². The number of hydrogen-bond acceptors (Lipinski definition) is 1. The number of hydrogen-bond donors (Lipinski definition) is 1. The van der Waals surface area contributed by atoms with Crippen molar-refractivity contribution in [2.75, 3.05) is 0 Å². The van der Waals surface area contributed by atoms with E-state index in [0.717, 1.165) is 19.3 Å². The van der Waals surface area contributed by atoms with Crippen LogP contribution >= 0.6 is 0 Å². The molecule has 0 saturated carbocycles. The summed E-state index contributed by atoms with van der Waals surface area (Å²) >= 11 is 0. The van der Waals surface area contributed by atoms with Gasteiger partial charge in [0.15, 0.2) is 0 Å². The first-order valence-corrected chi connectivity index (χ1v) is 6.52. The Hall–Kier alpha value is -1.31. The minimum absolute atomic E-state index is 0.327. The van der Waals surface area contributed by atoms with Gasteiger partial charge in [0.05, 0.1) is 0 Å². The van der Waals surface area contributed by atoms with Crippen molar-refractivity contribution in [3.63, 3.8) is 0 Å². The molecule has 1 aliphatic carbocycles. The van der Waals surface area contributed by atoms with E-state index in [4.69, 9.17) is 5.11 Å². The topological polar surface area (TPSA) is 37.3 Å². The van der Waals surface area contributed by atoms with Crippen LogP contribution in [0.1, 0.15) is 50.2 Å². The van der Waals surface area contributed by atoms with Crippen molar-refractivity contribution in [3.8, 4) is 0 Å². The quantitative estimate of drug-likeness (QED) is 0.804. The second-order valence-corrected chi connectivity index (χ2v) is 4.47. The van der Waals surface area contributed by atoms with Crippen LogP contribution in [0.3, 0.4) is 0 Å². The van der Waals surface area contributed by atoms with Gasteiger partial charge in [-0.05, 0) is 36.8 Å². The van der Waals surface area contributed by atoms with Crippen LogP contribution in [0.4, 0.5) is 0 Å². The number of unbranched alkanes of at least 4 members (excludes halogenated alkanes) is 2. The molecule has 2 rings (SSSR count). The zero-order valence-electron chi connectivity index (χ0n) is 10.6. The van der Waals surface area contributed by atoms with Crippen molar-refractivity contribution in [2.24, 2.45) is 0 Å². The summed E-state index contributed by atoms with van der Waals surface area (Å²) in [5, 5.41) is 8.14. The van der Waals surface area contributed by atoms with Gasteiger partial charge < -0.3 is 5.11 Å². The number of benzene rings is 1. The van der Waals surface area contributed by atoms with Crippen LogP contribution in [0.15, 0.2) is 24.3 Å². The fourth-order valence-corrected chi connectivity index (χ4v) is 2.04. The predicted molar refractivity (Wildman–Crippen MR) is 70.2 cm³/mol. The van der Waals surface area contributed by atoms with Gasteiger partial charge in [-0.1, -0.05) is 44.0 Å². The second kappa shape index (κ2) is 7.88. The Morgan fingerprint density at radius 2 is 1.76 bits per heavy atom. The molecule has 0 spiro atoms. The monoisotopic (exact) mass is 234 g/mol. The summed E-state index contributed by atoms with van der Waals surface area (Å²) in [4.78, 5) is 9.87. The molecule has 1 N–H and O–H groups in total. The van der Waals surface area contributed by atoms with Crippen LogP contribution in [0.25, 0.3) is 0 Å². The van der Waals surface area contributed by atoms with E-state index in [-0.39, 0.29) is 0 Å². The Morgan fingerprint density at radius 3 is 2.24 bits per heavy atom. The normalized spacial score (nSPS) is 12.5. The number of fused-ring (bicyclic) bond motifs is 1. The van der Waals surface area contributed by atoms with Gasteiger partial charge in [-0.3, -0.25) is 4.79 Å². The molecular weight excluding hydrogens is 212 g/mol. The fourth-order valence-electron chi connectivity index (χ4n) is 2.04. The van der Waals surface area contributed by atoms with E-state index in [1.807, 2.05) is 0 Å². The van der Waals surface area contributed by atoms with Crippen LogP contribution in [0.5, 0.6) is 0 Å². The number of carboxylic acids is 1. The molecule has 0 radical (unpaired) electrons. The van der Waals surface area contributed by atoms with Gasteiger partial charge in [0.25, 0.3) is 0 Å². The summed E-state index contributed by atoms with van der Waals surface area (Å²) < 4.78 is 0. The lowest BCUT2D eigenvalue weighted by molar-refractivity contribution is -0.137. The number of aryl methyl sites for hydroxylation is 2. The zero-order valence-corrected chi connectivity index (χ0v) is 10.6. The van der Waals surface area contributed by atoms with Crippen molar-refractivity contribution in [3.05, 3.63) is 35.4 Å². The minimum atomic E-state index is -0.682. The van der Waals surface area contributed by atoms with Crippen LogP contribution in [-0.2, 0) is 17.6 Å². The number of carbonyl (C=O) groups is 1. The van der Waals surface area contributed by atoms with Crippen LogP contribution in [0, 0.1) is 0 Å². The molecule has 17 heavy (non-hydrogen) atoms. The maximum Gasteiger partial charge on any atom is 0.303 e. The summed E-state index contributed by atoms with van der Waals surface area (Å²) in [5.74, 6) is -0.682. The maximum absolute atomic E-state index is 9.87. The number of carboxylic acid groups (broad SMARTS) is 1. The smallest absolute Gasteiger partial charge is 0.303 e. The van der Waals surface area contributed by atoms with Crippen LogP contribution in [0.2, 0.25) is 0 Å². The molecule has 1 aromatic rings. The molecule has 0 fully saturated rings. The first-order chi connectivity index (χ1) is 8.24. The maximum atomic E-state index is 9.87. The lowest BCUT2D eigenvalue weighted by Gasteiger charge is -1.93. The fraction of sp³-hybridized carbons (Fsp3) is 0.533. The Kier molecular flexibility index (Phi) is 6.38. The van der Waals surface area contributed by atoms with Gasteiger partial charge >= 0.3 is 5.97 Å². The second-order valence-electron chi connectivity index (χ2n) is 4.47. The molecule has 0 unspecified atom stereocenters. The van der Waals surface area contributed by atoms with Crippen molar-refractivity contribution in [1.29, 1.82) is 0 Å². The molecule has 0 saturated heterocycles. The van der Waals surface area contributed by atoms with Gasteiger partial charge in [-0.15, -0.1) is 0 Å². The largest absolute Gasteiger partial charge is 0.481 e. The van der Waals surface area contributed by atoms with E-state index >= 15 is 0 Å². The molecule has 1 aromatic carbocycles. The Morgan fingerprint density at radius 1 is 1.18 bits per heavy atom. The first-order valence-electron chi connectivity index (χ1n) is 6.52. The number of rotatable bonds is 4. The van der Waals surface area contributed by atoms with Gasteiger partial charge in [-0.2, -0.15) is 0 Å². The molecule has 2 nitrogen and oxygen atoms in total. The van der Waals surface area contributed by atoms with Crippen LogP contribution < -0.4 is 0 Å². The van der Waals surface area contributed by atoms with Crippen molar-refractivity contribution < 1.29 is 9.90 Å². The van der Waals surface area contributed by atoms with Crippen LogP contribution in [-0.4, -0.2) is 11.1 Å². The van der Waals surface area contributed by atoms with Gasteiger partial charge in [0.1, 0.15) is 0 Å². The molecule has 0 heterocycles. The first kappa shape index (κ1) is 13.8. The molecule has 94 valence electrons. The van der Waals surface area contributed by atoms with Crippen molar-refractivity contribution in [2.45, 2.75) is 51.9 Å². The summed E-state index contributed by atoms with van der Waals surface area (Å²) in [5.41, 5.74) is 3.13. The third kappa shape index (κ3) is 5.53. The number of aliphatic carboxylic acids is 1. The summed E-state index contributed by atoms with van der Waals surface area (Å²) in [6.07, 6.45) is 7.24. The lowest BCUT2D eigenvalue weighted by Crippen LogP contribution is -1.92. The highest BCUT2D eigenvalue weighted by molar-refractivity contribution is 5.66. The van der Waals surface area contributed by atoms with E-state index in [1.165, 1.54) is 19.3 Å². The minimum Gasteiger partial charge on any atom is -0.481 e. The highest BCUT2D eigenvalue weighted by atomic mass is 16.4. The standard InChI is InChI=1S/C9H10.C6H12O2/c1-2-5-9-7-3-6-8(9)4-1;1-2-3-4-5-6(7)8/h1-2,4-5H,3,6-7H2;2-5H2,1H3,(H,7,8). The molecular formula is C15H22O2. The summed E-state index contributed by atoms with van der Waals surface area (Å²) in [7, 11) is 0. The highest BCUT2D eigenvalue weighted by Gasteiger charge is 2.07. The summed E-state index contributed by atoms with van der Waals surface area (Å²) in [6, 6.07) is 8.74. The molecule has 0 aliphatic heterocycles. The zero-order chi connectivity index (χ0) is 12.5. The van der Waals surface area contributed by atoms with Gasteiger partial charge in [0, 0.05) is 6.42 Å². The molecule has 0 amide bonds. The molecule has 2 heteroatoms. The van der Waals surface area contributed by atoms with Crippen molar-refractivity contribution >= 4 is 5.97 Å². The Labute approximate surface area is 104 Å². The Bertz CT molecular complexity index is 322. The molecule has 0 aromatic heterocycles. The third-order valence-corrected chi connectivity index (χ3v) is 3.00. The van der Waals surface area contributed by atoms with Crippen molar-refractivity contribution in [1.82, 2.24) is 0 Å². The molecule has 1 aliphatic rings. The lowest BCUT2D eigenvalue weighted by atomic mass is 10.1. The van der Waals surface area contributed by atoms with E-state index in [0.29, 0.717) is 6.42 Å². The predicted octanol–water partition coefficient (Wildman–Crippen LogP) is 3.83. The average molecular weight is 234 g/mol. The van der Waals surface area contributed by atoms with E-state index in [2.05, 4.69) is 31.2 Å². The average Bonchev–Trinajstić information content (AvgIpc) is 2.78. The van der Waals surface area contributed by atoms with E-state index < -0.39 is 5.97 Å². The Balaban J connectivity index is 0.000000172. The highest BCUT2D eigenvalue weighted by Crippen LogP contribution is 2.20.